The Bertz CT molecular complexity index is 621. The molecule has 0 unspecified atom stereocenters. The van der Waals surface area contributed by atoms with Gasteiger partial charge < -0.3 is 0 Å². The van der Waals surface area contributed by atoms with Crippen molar-refractivity contribution in [2.24, 2.45) is 5.10 Å². The summed E-state index contributed by atoms with van der Waals surface area (Å²) in [5.41, 5.74) is 4.02. The molecule has 0 aliphatic rings. The van der Waals surface area contributed by atoms with Crippen LogP contribution >= 0.6 is 15.9 Å². The van der Waals surface area contributed by atoms with Crippen molar-refractivity contribution < 1.29 is 4.79 Å². The van der Waals surface area contributed by atoms with Crippen LogP contribution in [0, 0.1) is 0 Å². The molecular formula is C15H12BrN3O. The lowest BCUT2D eigenvalue weighted by molar-refractivity contribution is 0.0955. The Kier molecular flexibility index (Phi) is 5.20. The number of nitrogens with one attached hydrogen (secondary N) is 1. The van der Waals surface area contributed by atoms with Crippen molar-refractivity contribution in [1.82, 2.24) is 10.4 Å². The summed E-state index contributed by atoms with van der Waals surface area (Å²) in [4.78, 5) is 15.5. The van der Waals surface area contributed by atoms with Crippen molar-refractivity contribution in [3.63, 3.8) is 0 Å². The number of halogens is 1. The average molecular weight is 330 g/mol. The summed E-state index contributed by atoms with van der Waals surface area (Å²) < 4.78 is 1.04. The second-order valence-corrected chi connectivity index (χ2v) is 4.78. The number of hydrogen-bond donors (Lipinski definition) is 1. The van der Waals surface area contributed by atoms with Crippen molar-refractivity contribution >= 4 is 34.1 Å². The predicted molar refractivity (Wildman–Crippen MR) is 83.4 cm³/mol. The molecular weight excluding hydrogens is 318 g/mol. The molecule has 2 rings (SSSR count). The molecule has 0 saturated heterocycles. The normalized spacial score (nSPS) is 11.1. The fourth-order valence-electron chi connectivity index (χ4n) is 1.43. The number of allylic oxidation sites excluding steroid dienone is 1. The fourth-order valence-corrected chi connectivity index (χ4v) is 1.70. The largest absolute Gasteiger partial charge is 0.271 e. The lowest BCUT2D eigenvalue weighted by Crippen LogP contribution is -2.17. The lowest BCUT2D eigenvalue weighted by Gasteiger charge is -1.97. The number of hydrogen-bond acceptors (Lipinski definition) is 3. The molecule has 1 N–H and O–H groups in total. The van der Waals surface area contributed by atoms with Gasteiger partial charge in [0.25, 0.3) is 5.91 Å². The van der Waals surface area contributed by atoms with Crippen molar-refractivity contribution in [3.05, 3.63) is 70.5 Å². The molecule has 0 atom stereocenters. The molecule has 100 valence electrons. The first-order chi connectivity index (χ1) is 9.75. The first kappa shape index (κ1) is 14.1. The third-order valence-corrected chi connectivity index (χ3v) is 2.96. The van der Waals surface area contributed by atoms with Crippen LogP contribution in [-0.4, -0.2) is 17.1 Å². The molecule has 0 saturated carbocycles. The Balaban J connectivity index is 1.85. The molecule has 0 aliphatic heterocycles. The summed E-state index contributed by atoms with van der Waals surface area (Å²) >= 11 is 3.37. The zero-order valence-corrected chi connectivity index (χ0v) is 12.1. The van der Waals surface area contributed by atoms with Gasteiger partial charge in [0, 0.05) is 28.6 Å². The quantitative estimate of drug-likeness (QED) is 0.691. The fraction of sp³-hybridized carbons (Fsp3) is 0. The Labute approximate surface area is 125 Å². The number of benzene rings is 1. The van der Waals surface area contributed by atoms with Crippen LogP contribution in [0.25, 0.3) is 6.08 Å². The predicted octanol–water partition coefficient (Wildman–Crippen LogP) is 3.27. The standard InChI is InChI=1S/C15H12BrN3O/c16-14-5-3-12(4-6-14)2-1-9-18-19-15(20)13-7-10-17-11-8-13/h1-11H,(H,19,20)/b2-1+,18-9+. The van der Waals surface area contributed by atoms with E-state index in [2.05, 4.69) is 31.4 Å². The number of carbonyl (C=O) groups is 1. The molecule has 1 aromatic carbocycles. The van der Waals surface area contributed by atoms with E-state index >= 15 is 0 Å². The van der Waals surface area contributed by atoms with E-state index in [1.807, 2.05) is 30.3 Å². The lowest BCUT2D eigenvalue weighted by atomic mass is 10.2. The van der Waals surface area contributed by atoms with Crippen LogP contribution in [-0.2, 0) is 0 Å². The zero-order chi connectivity index (χ0) is 14.2. The number of aromatic nitrogens is 1. The number of carbonyl (C=O) groups excluding carboxylic acids is 1. The monoisotopic (exact) mass is 329 g/mol. The van der Waals surface area contributed by atoms with Gasteiger partial charge in [-0.15, -0.1) is 0 Å². The summed E-state index contributed by atoms with van der Waals surface area (Å²) in [6.07, 6.45) is 8.31. The van der Waals surface area contributed by atoms with Gasteiger partial charge in [0.15, 0.2) is 0 Å². The van der Waals surface area contributed by atoms with Gasteiger partial charge in [0.2, 0.25) is 0 Å². The smallest absolute Gasteiger partial charge is 0.267 e. The van der Waals surface area contributed by atoms with Gasteiger partial charge in [-0.3, -0.25) is 9.78 Å². The van der Waals surface area contributed by atoms with E-state index in [0.717, 1.165) is 10.0 Å². The molecule has 0 spiro atoms. The zero-order valence-electron chi connectivity index (χ0n) is 10.5. The SMILES string of the molecule is O=C(N/N=C/C=C/c1ccc(Br)cc1)c1ccncc1. The Morgan fingerprint density at radius 2 is 1.85 bits per heavy atom. The Morgan fingerprint density at radius 1 is 1.15 bits per heavy atom. The van der Waals surface area contributed by atoms with E-state index in [-0.39, 0.29) is 5.91 Å². The highest BCUT2D eigenvalue weighted by atomic mass is 79.9. The Morgan fingerprint density at radius 3 is 2.55 bits per heavy atom. The van der Waals surface area contributed by atoms with Gasteiger partial charge in [0.05, 0.1) is 0 Å². The molecule has 1 amide bonds. The van der Waals surface area contributed by atoms with Crippen molar-refractivity contribution in [3.8, 4) is 0 Å². The van der Waals surface area contributed by atoms with Gasteiger partial charge in [-0.1, -0.05) is 34.1 Å². The third-order valence-electron chi connectivity index (χ3n) is 2.43. The highest BCUT2D eigenvalue weighted by Gasteiger charge is 2.01. The Hall–Kier alpha value is -2.27. The number of hydrazone groups is 1. The number of pyridine rings is 1. The van der Waals surface area contributed by atoms with Crippen LogP contribution in [0.5, 0.6) is 0 Å². The summed E-state index contributed by atoms with van der Waals surface area (Å²) in [5.74, 6) is -0.263. The van der Waals surface area contributed by atoms with Crippen LogP contribution in [0.2, 0.25) is 0 Å². The molecule has 0 bridgehead atoms. The minimum absolute atomic E-state index is 0.263. The molecule has 0 aliphatic carbocycles. The highest BCUT2D eigenvalue weighted by Crippen LogP contribution is 2.11. The molecule has 1 aromatic heterocycles. The summed E-state index contributed by atoms with van der Waals surface area (Å²) in [5, 5.41) is 3.84. The second kappa shape index (κ2) is 7.35. The molecule has 4 nitrogen and oxygen atoms in total. The minimum Gasteiger partial charge on any atom is -0.267 e. The van der Waals surface area contributed by atoms with E-state index in [1.54, 1.807) is 30.6 Å². The van der Waals surface area contributed by atoms with Crippen LogP contribution < -0.4 is 5.43 Å². The summed E-state index contributed by atoms with van der Waals surface area (Å²) in [7, 11) is 0. The van der Waals surface area contributed by atoms with Crippen LogP contribution in [0.15, 0.2) is 64.4 Å². The van der Waals surface area contributed by atoms with Gasteiger partial charge in [-0.05, 0) is 35.9 Å². The molecule has 1 heterocycles. The van der Waals surface area contributed by atoms with E-state index in [4.69, 9.17) is 0 Å². The number of nitrogens with zero attached hydrogens (tertiary/aromatic N) is 2. The molecule has 2 aromatic rings. The van der Waals surface area contributed by atoms with Crippen LogP contribution in [0.1, 0.15) is 15.9 Å². The van der Waals surface area contributed by atoms with Crippen molar-refractivity contribution in [2.45, 2.75) is 0 Å². The van der Waals surface area contributed by atoms with Crippen molar-refractivity contribution in [1.29, 1.82) is 0 Å². The van der Waals surface area contributed by atoms with E-state index < -0.39 is 0 Å². The molecule has 20 heavy (non-hydrogen) atoms. The summed E-state index contributed by atoms with van der Waals surface area (Å²) in [6, 6.07) is 11.1. The average Bonchev–Trinajstić information content (AvgIpc) is 2.49. The van der Waals surface area contributed by atoms with Gasteiger partial charge in [-0.2, -0.15) is 5.10 Å². The second-order valence-electron chi connectivity index (χ2n) is 3.87. The van der Waals surface area contributed by atoms with Gasteiger partial charge >= 0.3 is 0 Å². The first-order valence-corrected chi connectivity index (χ1v) is 6.71. The maximum Gasteiger partial charge on any atom is 0.271 e. The third kappa shape index (κ3) is 4.44. The van der Waals surface area contributed by atoms with E-state index in [9.17, 15) is 4.79 Å². The van der Waals surface area contributed by atoms with E-state index in [1.165, 1.54) is 6.21 Å². The first-order valence-electron chi connectivity index (χ1n) is 5.91. The molecule has 5 heteroatoms. The minimum atomic E-state index is -0.263. The van der Waals surface area contributed by atoms with Gasteiger partial charge in [0.1, 0.15) is 0 Å². The topological polar surface area (TPSA) is 54.4 Å². The number of amides is 1. The highest BCUT2D eigenvalue weighted by molar-refractivity contribution is 9.10. The van der Waals surface area contributed by atoms with Crippen molar-refractivity contribution in [2.75, 3.05) is 0 Å². The molecule has 0 fully saturated rings. The maximum atomic E-state index is 11.6. The van der Waals surface area contributed by atoms with E-state index in [0.29, 0.717) is 5.56 Å². The molecule has 0 radical (unpaired) electrons. The maximum absolute atomic E-state index is 11.6. The van der Waals surface area contributed by atoms with Crippen LogP contribution in [0.4, 0.5) is 0 Å². The van der Waals surface area contributed by atoms with Gasteiger partial charge in [-0.25, -0.2) is 5.43 Å². The van der Waals surface area contributed by atoms with Crippen LogP contribution in [0.3, 0.4) is 0 Å². The summed E-state index contributed by atoms with van der Waals surface area (Å²) in [6.45, 7) is 0. The number of rotatable bonds is 4.